The third-order valence-electron chi connectivity index (χ3n) is 4.94. The Kier molecular flexibility index (Phi) is 4.92. The fourth-order valence-electron chi connectivity index (χ4n) is 3.60. The number of carbonyl (C=O) groups is 1. The molecule has 7 nitrogen and oxygen atoms in total. The minimum atomic E-state index is -0.436. The van der Waals surface area contributed by atoms with Crippen molar-refractivity contribution in [1.29, 1.82) is 0 Å². The highest BCUT2D eigenvalue weighted by molar-refractivity contribution is 5.85. The van der Waals surface area contributed by atoms with E-state index in [-0.39, 0.29) is 12.7 Å². The molecule has 0 saturated heterocycles. The van der Waals surface area contributed by atoms with Crippen LogP contribution in [0.2, 0.25) is 0 Å². The van der Waals surface area contributed by atoms with Crippen LogP contribution in [-0.4, -0.2) is 41.5 Å². The lowest BCUT2D eigenvalue weighted by Crippen LogP contribution is -2.36. The van der Waals surface area contributed by atoms with E-state index in [0.717, 1.165) is 28.7 Å². The molecule has 1 aromatic heterocycles. The molecule has 146 valence electrons. The number of hydrogen-bond acceptors (Lipinski definition) is 5. The van der Waals surface area contributed by atoms with Crippen molar-refractivity contribution in [2.75, 3.05) is 20.9 Å². The summed E-state index contributed by atoms with van der Waals surface area (Å²) in [6.45, 7) is 3.43. The van der Waals surface area contributed by atoms with Crippen LogP contribution >= 0.6 is 0 Å². The zero-order valence-corrected chi connectivity index (χ0v) is 16.3. The van der Waals surface area contributed by atoms with E-state index in [4.69, 9.17) is 9.47 Å². The minimum absolute atomic E-state index is 0.0843. The number of hydrogen-bond donors (Lipinski definition) is 1. The van der Waals surface area contributed by atoms with Gasteiger partial charge in [-0.25, -0.2) is 0 Å². The van der Waals surface area contributed by atoms with Gasteiger partial charge in [-0.1, -0.05) is 24.3 Å². The molecule has 0 unspecified atom stereocenters. The molecule has 1 aliphatic heterocycles. The smallest absolute Gasteiger partial charge is 0.242 e. The molecule has 2 heterocycles. The van der Waals surface area contributed by atoms with E-state index in [0.29, 0.717) is 18.0 Å². The van der Waals surface area contributed by atoms with Crippen LogP contribution in [0.1, 0.15) is 24.2 Å². The molecule has 7 heteroatoms. The zero-order valence-electron chi connectivity index (χ0n) is 16.3. The molecule has 28 heavy (non-hydrogen) atoms. The summed E-state index contributed by atoms with van der Waals surface area (Å²) < 4.78 is 12.8. The molecule has 0 bridgehead atoms. The van der Waals surface area contributed by atoms with Crippen LogP contribution in [-0.2, 0) is 17.9 Å². The van der Waals surface area contributed by atoms with E-state index in [1.807, 2.05) is 66.1 Å². The summed E-state index contributed by atoms with van der Waals surface area (Å²) in [6.07, 6.45) is 0. The van der Waals surface area contributed by atoms with Gasteiger partial charge < -0.3 is 14.8 Å². The fraction of sp³-hybridized carbons (Fsp3) is 0.333. The van der Waals surface area contributed by atoms with Crippen LogP contribution in [0.25, 0.3) is 10.9 Å². The molecule has 0 aliphatic carbocycles. The number of carbonyl (C=O) groups excluding carboxylic acids is 1. The van der Waals surface area contributed by atoms with E-state index in [1.54, 1.807) is 0 Å². The van der Waals surface area contributed by atoms with Gasteiger partial charge in [-0.15, -0.1) is 0 Å². The van der Waals surface area contributed by atoms with Crippen LogP contribution in [0.15, 0.2) is 42.5 Å². The lowest BCUT2D eigenvalue weighted by atomic mass is 10.0. The SMILES string of the molecule is CCn1nc(CNC(=O)[C@@H](c2ccc3c(c2)OCO3)N(C)C)c2ccccc21. The van der Waals surface area contributed by atoms with Crippen molar-refractivity contribution < 1.29 is 14.3 Å². The Hall–Kier alpha value is -3.06. The average molecular weight is 380 g/mol. The predicted octanol–water partition coefficient (Wildman–Crippen LogP) is 2.70. The number of fused-ring (bicyclic) bond motifs is 2. The van der Waals surface area contributed by atoms with Gasteiger partial charge in [-0.3, -0.25) is 14.4 Å². The van der Waals surface area contributed by atoms with Gasteiger partial charge in [0.15, 0.2) is 11.5 Å². The monoisotopic (exact) mass is 380 g/mol. The van der Waals surface area contributed by atoms with Crippen LogP contribution in [0.4, 0.5) is 0 Å². The van der Waals surface area contributed by atoms with Crippen molar-refractivity contribution >= 4 is 16.8 Å². The van der Waals surface area contributed by atoms with Crippen LogP contribution in [0.3, 0.4) is 0 Å². The maximum atomic E-state index is 13.0. The van der Waals surface area contributed by atoms with Gasteiger partial charge in [-0.05, 0) is 44.8 Å². The Balaban J connectivity index is 1.55. The highest BCUT2D eigenvalue weighted by atomic mass is 16.7. The maximum absolute atomic E-state index is 13.0. The molecule has 3 aromatic rings. The molecular formula is C21H24N4O3. The average Bonchev–Trinajstić information content (AvgIpc) is 3.30. The first kappa shape index (κ1) is 18.3. The Morgan fingerprint density at radius 2 is 2.00 bits per heavy atom. The van der Waals surface area contributed by atoms with E-state index in [1.165, 1.54) is 0 Å². The summed E-state index contributed by atoms with van der Waals surface area (Å²) in [5.41, 5.74) is 2.80. The first-order valence-corrected chi connectivity index (χ1v) is 9.36. The van der Waals surface area contributed by atoms with E-state index in [9.17, 15) is 4.79 Å². The fourth-order valence-corrected chi connectivity index (χ4v) is 3.60. The normalized spacial score (nSPS) is 13.9. The lowest BCUT2D eigenvalue weighted by Gasteiger charge is -2.24. The Morgan fingerprint density at radius 3 is 2.79 bits per heavy atom. The van der Waals surface area contributed by atoms with Crippen LogP contribution in [0, 0.1) is 0 Å². The van der Waals surface area contributed by atoms with Crippen molar-refractivity contribution in [3.8, 4) is 11.5 Å². The second-order valence-corrected chi connectivity index (χ2v) is 6.98. The van der Waals surface area contributed by atoms with Crippen molar-refractivity contribution in [2.45, 2.75) is 26.1 Å². The number of aromatic nitrogens is 2. The number of rotatable bonds is 6. The predicted molar refractivity (Wildman–Crippen MR) is 106 cm³/mol. The molecule has 4 rings (SSSR count). The summed E-state index contributed by atoms with van der Waals surface area (Å²) in [5, 5.41) is 8.77. The van der Waals surface area contributed by atoms with E-state index >= 15 is 0 Å². The number of nitrogens with one attached hydrogen (secondary N) is 1. The number of nitrogens with zero attached hydrogens (tertiary/aromatic N) is 3. The number of amides is 1. The maximum Gasteiger partial charge on any atom is 0.242 e. The third-order valence-corrected chi connectivity index (χ3v) is 4.94. The van der Waals surface area contributed by atoms with Gasteiger partial charge in [0.05, 0.1) is 17.8 Å². The molecule has 0 fully saturated rings. The Labute approximate surface area is 163 Å². The van der Waals surface area contributed by atoms with Crippen molar-refractivity contribution in [2.24, 2.45) is 0 Å². The summed E-state index contributed by atoms with van der Waals surface area (Å²) in [6, 6.07) is 13.3. The number of para-hydroxylation sites is 1. The summed E-state index contributed by atoms with van der Waals surface area (Å²) in [5.74, 6) is 1.29. The summed E-state index contributed by atoms with van der Waals surface area (Å²) in [7, 11) is 3.77. The standard InChI is InChI=1S/C21H24N4O3/c1-4-25-17-8-6-5-7-15(17)16(23-25)12-22-21(26)20(24(2)3)14-9-10-18-19(11-14)28-13-27-18/h5-11,20H,4,12-13H2,1-3H3,(H,22,26)/t20-/m1/s1. The molecule has 1 N–H and O–H groups in total. The number of ether oxygens (including phenoxy) is 2. The first-order valence-electron chi connectivity index (χ1n) is 9.36. The number of aryl methyl sites for hydroxylation is 1. The molecule has 0 saturated carbocycles. The summed E-state index contributed by atoms with van der Waals surface area (Å²) >= 11 is 0. The molecule has 0 spiro atoms. The zero-order chi connectivity index (χ0) is 19.7. The third kappa shape index (κ3) is 3.29. The minimum Gasteiger partial charge on any atom is -0.454 e. The second-order valence-electron chi connectivity index (χ2n) is 6.98. The van der Waals surface area contributed by atoms with E-state index < -0.39 is 6.04 Å². The molecular weight excluding hydrogens is 356 g/mol. The second kappa shape index (κ2) is 7.52. The number of benzene rings is 2. The van der Waals surface area contributed by atoms with Crippen molar-refractivity contribution in [3.05, 3.63) is 53.7 Å². The van der Waals surface area contributed by atoms with Gasteiger partial charge in [0.1, 0.15) is 6.04 Å². The van der Waals surface area contributed by atoms with Gasteiger partial charge in [0, 0.05) is 11.9 Å². The quantitative estimate of drug-likeness (QED) is 0.712. The summed E-state index contributed by atoms with van der Waals surface area (Å²) in [4.78, 5) is 14.9. The van der Waals surface area contributed by atoms with Crippen LogP contribution < -0.4 is 14.8 Å². The molecule has 0 radical (unpaired) electrons. The molecule has 1 amide bonds. The number of likely N-dealkylation sites (N-methyl/N-ethyl adjacent to an activating group) is 1. The first-order chi connectivity index (χ1) is 13.6. The van der Waals surface area contributed by atoms with Crippen molar-refractivity contribution in [3.63, 3.8) is 0 Å². The van der Waals surface area contributed by atoms with Gasteiger partial charge >= 0.3 is 0 Å². The van der Waals surface area contributed by atoms with Crippen molar-refractivity contribution in [1.82, 2.24) is 20.0 Å². The Morgan fingerprint density at radius 1 is 1.21 bits per heavy atom. The highest BCUT2D eigenvalue weighted by Gasteiger charge is 2.25. The Bertz CT molecular complexity index is 1010. The largest absolute Gasteiger partial charge is 0.454 e. The van der Waals surface area contributed by atoms with E-state index in [2.05, 4.69) is 17.3 Å². The lowest BCUT2D eigenvalue weighted by molar-refractivity contribution is -0.126. The van der Waals surface area contributed by atoms with Gasteiger partial charge in [0.25, 0.3) is 0 Å². The topological polar surface area (TPSA) is 68.6 Å². The van der Waals surface area contributed by atoms with Gasteiger partial charge in [0.2, 0.25) is 12.7 Å². The molecule has 2 aromatic carbocycles. The van der Waals surface area contributed by atoms with Gasteiger partial charge in [-0.2, -0.15) is 5.10 Å². The van der Waals surface area contributed by atoms with Crippen LogP contribution in [0.5, 0.6) is 11.5 Å². The molecule has 1 atom stereocenters. The highest BCUT2D eigenvalue weighted by Crippen LogP contribution is 2.35. The molecule has 1 aliphatic rings.